The van der Waals surface area contributed by atoms with Gasteiger partial charge in [-0.3, -0.25) is 10.1 Å². The number of nitro groups is 1. The summed E-state index contributed by atoms with van der Waals surface area (Å²) in [6.07, 6.45) is 0. The van der Waals surface area contributed by atoms with Gasteiger partial charge in [0.2, 0.25) is 0 Å². The van der Waals surface area contributed by atoms with Crippen molar-refractivity contribution >= 4 is 11.4 Å². The Bertz CT molecular complexity index is 582. The highest BCUT2D eigenvalue weighted by Crippen LogP contribution is 2.27. The summed E-state index contributed by atoms with van der Waals surface area (Å²) in [7, 11) is 0. The second-order valence-corrected chi connectivity index (χ2v) is 5.08. The fourth-order valence-electron chi connectivity index (χ4n) is 2.18. The van der Waals surface area contributed by atoms with E-state index in [4.69, 9.17) is 0 Å². The first-order valence-electron chi connectivity index (χ1n) is 6.64. The van der Waals surface area contributed by atoms with Crippen LogP contribution in [0.3, 0.4) is 0 Å². The first kappa shape index (κ1) is 14.1. The van der Waals surface area contributed by atoms with Crippen molar-refractivity contribution < 1.29 is 4.92 Å². The average molecular weight is 270 g/mol. The highest BCUT2D eigenvalue weighted by molar-refractivity contribution is 5.52. The van der Waals surface area contributed by atoms with E-state index in [0.29, 0.717) is 5.92 Å². The van der Waals surface area contributed by atoms with Crippen molar-refractivity contribution in [2.45, 2.75) is 19.9 Å². The Morgan fingerprint density at radius 2 is 1.75 bits per heavy atom. The topological polar surface area (TPSA) is 55.2 Å². The molecule has 0 aromatic heterocycles. The van der Waals surface area contributed by atoms with Crippen LogP contribution in [0.4, 0.5) is 11.4 Å². The Kier molecular flexibility index (Phi) is 4.35. The molecule has 0 aliphatic rings. The molecule has 0 saturated heterocycles. The summed E-state index contributed by atoms with van der Waals surface area (Å²) in [4.78, 5) is 10.4. The molecule has 0 saturated carbocycles. The molecule has 0 fully saturated rings. The van der Waals surface area contributed by atoms with Gasteiger partial charge in [-0.1, -0.05) is 50.2 Å². The predicted octanol–water partition coefficient (Wildman–Crippen LogP) is 4.40. The molecule has 0 aliphatic heterocycles. The van der Waals surface area contributed by atoms with Crippen molar-refractivity contribution in [1.82, 2.24) is 0 Å². The molecule has 2 aromatic rings. The number of non-ortho nitro benzene ring substituents is 1. The monoisotopic (exact) mass is 270 g/mol. The lowest BCUT2D eigenvalue weighted by molar-refractivity contribution is -0.384. The van der Waals surface area contributed by atoms with E-state index < -0.39 is 0 Å². The van der Waals surface area contributed by atoms with Crippen LogP contribution in [-0.2, 0) is 0 Å². The van der Waals surface area contributed by atoms with Crippen molar-refractivity contribution in [3.8, 4) is 0 Å². The zero-order valence-electron chi connectivity index (χ0n) is 11.6. The highest BCUT2D eigenvalue weighted by atomic mass is 16.6. The van der Waals surface area contributed by atoms with E-state index in [1.165, 1.54) is 11.6 Å². The number of nitro benzene ring substituents is 1. The van der Waals surface area contributed by atoms with E-state index >= 15 is 0 Å². The Hall–Kier alpha value is -2.36. The smallest absolute Gasteiger partial charge is 0.271 e. The van der Waals surface area contributed by atoms with Gasteiger partial charge in [-0.2, -0.15) is 0 Å². The molecule has 0 spiro atoms. The van der Waals surface area contributed by atoms with E-state index in [0.717, 1.165) is 5.69 Å². The van der Waals surface area contributed by atoms with Crippen LogP contribution in [0.5, 0.6) is 0 Å². The first-order valence-corrected chi connectivity index (χ1v) is 6.64. The minimum Gasteiger partial charge on any atom is -0.378 e. The SMILES string of the molecule is CC(C)C(Nc1cccc([N+](=O)[O-])c1)c1ccccc1. The molecule has 1 N–H and O–H groups in total. The molecule has 1 atom stereocenters. The maximum atomic E-state index is 10.8. The molecule has 0 bridgehead atoms. The molecule has 0 heterocycles. The lowest BCUT2D eigenvalue weighted by atomic mass is 9.96. The largest absolute Gasteiger partial charge is 0.378 e. The standard InChI is InChI=1S/C16H18N2O2/c1-12(2)16(13-7-4-3-5-8-13)17-14-9-6-10-15(11-14)18(19)20/h3-12,16-17H,1-2H3. The van der Waals surface area contributed by atoms with Gasteiger partial charge in [0.1, 0.15) is 0 Å². The van der Waals surface area contributed by atoms with Gasteiger partial charge in [-0.05, 0) is 17.5 Å². The number of nitrogens with one attached hydrogen (secondary N) is 1. The molecule has 0 amide bonds. The summed E-state index contributed by atoms with van der Waals surface area (Å²) in [6, 6.07) is 16.8. The molecular formula is C16H18N2O2. The van der Waals surface area contributed by atoms with Crippen LogP contribution in [-0.4, -0.2) is 4.92 Å². The Labute approximate surface area is 118 Å². The lowest BCUT2D eigenvalue weighted by Crippen LogP contribution is -2.16. The summed E-state index contributed by atoms with van der Waals surface area (Å²) in [5.74, 6) is 0.372. The number of benzene rings is 2. The second kappa shape index (κ2) is 6.19. The molecule has 2 rings (SSSR count). The van der Waals surface area contributed by atoms with Crippen molar-refractivity contribution in [2.75, 3.05) is 5.32 Å². The maximum absolute atomic E-state index is 10.8. The third-order valence-corrected chi connectivity index (χ3v) is 3.20. The molecule has 1 unspecified atom stereocenters. The van der Waals surface area contributed by atoms with Gasteiger partial charge in [0.05, 0.1) is 11.0 Å². The van der Waals surface area contributed by atoms with Crippen LogP contribution in [0.25, 0.3) is 0 Å². The van der Waals surface area contributed by atoms with Crippen molar-refractivity contribution in [2.24, 2.45) is 5.92 Å². The van der Waals surface area contributed by atoms with Crippen LogP contribution in [0.15, 0.2) is 54.6 Å². The van der Waals surface area contributed by atoms with Gasteiger partial charge in [-0.25, -0.2) is 0 Å². The van der Waals surface area contributed by atoms with Gasteiger partial charge in [0.15, 0.2) is 0 Å². The minimum absolute atomic E-state index is 0.102. The molecule has 104 valence electrons. The highest BCUT2D eigenvalue weighted by Gasteiger charge is 2.16. The predicted molar refractivity (Wildman–Crippen MR) is 80.7 cm³/mol. The summed E-state index contributed by atoms with van der Waals surface area (Å²) >= 11 is 0. The number of hydrogen-bond donors (Lipinski definition) is 1. The third kappa shape index (κ3) is 3.35. The molecule has 0 aliphatic carbocycles. The summed E-state index contributed by atoms with van der Waals surface area (Å²) < 4.78 is 0. The number of nitrogens with zero attached hydrogens (tertiary/aromatic N) is 1. The van der Waals surface area contributed by atoms with Gasteiger partial charge >= 0.3 is 0 Å². The number of anilines is 1. The zero-order chi connectivity index (χ0) is 14.5. The second-order valence-electron chi connectivity index (χ2n) is 5.08. The number of hydrogen-bond acceptors (Lipinski definition) is 3. The van der Waals surface area contributed by atoms with E-state index in [9.17, 15) is 10.1 Å². The molecule has 0 radical (unpaired) electrons. The van der Waals surface area contributed by atoms with E-state index in [1.54, 1.807) is 12.1 Å². The average Bonchev–Trinajstić information content (AvgIpc) is 2.45. The molecule has 20 heavy (non-hydrogen) atoms. The fourth-order valence-corrected chi connectivity index (χ4v) is 2.18. The van der Waals surface area contributed by atoms with Gasteiger partial charge < -0.3 is 5.32 Å². The van der Waals surface area contributed by atoms with E-state index in [1.807, 2.05) is 24.3 Å². The molecular weight excluding hydrogens is 252 g/mol. The maximum Gasteiger partial charge on any atom is 0.271 e. The van der Waals surface area contributed by atoms with Crippen molar-refractivity contribution in [3.05, 3.63) is 70.3 Å². The normalized spacial score (nSPS) is 12.2. The lowest BCUT2D eigenvalue weighted by Gasteiger charge is -2.24. The third-order valence-electron chi connectivity index (χ3n) is 3.20. The molecule has 4 nitrogen and oxygen atoms in total. The van der Waals surface area contributed by atoms with Gasteiger partial charge in [0.25, 0.3) is 5.69 Å². The van der Waals surface area contributed by atoms with Gasteiger partial charge in [0, 0.05) is 17.8 Å². The van der Waals surface area contributed by atoms with E-state index in [-0.39, 0.29) is 16.7 Å². The molecule has 2 aromatic carbocycles. The number of rotatable bonds is 5. The quantitative estimate of drug-likeness (QED) is 0.647. The Morgan fingerprint density at radius 3 is 2.35 bits per heavy atom. The van der Waals surface area contributed by atoms with Crippen LogP contribution >= 0.6 is 0 Å². The Morgan fingerprint density at radius 1 is 1.05 bits per heavy atom. The molecule has 4 heteroatoms. The minimum atomic E-state index is -0.377. The van der Waals surface area contributed by atoms with Crippen LogP contribution in [0.2, 0.25) is 0 Å². The summed E-state index contributed by atoms with van der Waals surface area (Å²) in [5, 5.41) is 14.2. The zero-order valence-corrected chi connectivity index (χ0v) is 11.6. The van der Waals surface area contributed by atoms with E-state index in [2.05, 4.69) is 31.3 Å². The van der Waals surface area contributed by atoms with Crippen molar-refractivity contribution in [1.29, 1.82) is 0 Å². The van der Waals surface area contributed by atoms with Crippen molar-refractivity contribution in [3.63, 3.8) is 0 Å². The van der Waals surface area contributed by atoms with Gasteiger partial charge in [-0.15, -0.1) is 0 Å². The fraction of sp³-hybridized carbons (Fsp3) is 0.250. The first-order chi connectivity index (χ1) is 9.58. The Balaban J connectivity index is 2.25. The summed E-state index contributed by atoms with van der Waals surface area (Å²) in [5.41, 5.74) is 2.04. The van der Waals surface area contributed by atoms with Crippen LogP contribution in [0.1, 0.15) is 25.5 Å². The van der Waals surface area contributed by atoms with Crippen LogP contribution in [0, 0.1) is 16.0 Å². The van der Waals surface area contributed by atoms with Crippen LogP contribution < -0.4 is 5.32 Å². The summed E-state index contributed by atoms with van der Waals surface area (Å²) in [6.45, 7) is 4.25.